The van der Waals surface area contributed by atoms with E-state index in [1.165, 1.54) is 22.2 Å². The minimum Gasteiger partial charge on any atom is -0.349 e. The molecular weight excluding hydrogens is 386 g/mol. The van der Waals surface area contributed by atoms with Gasteiger partial charge in [-0.15, -0.1) is 11.3 Å². The summed E-state index contributed by atoms with van der Waals surface area (Å²) in [6, 6.07) is 16.2. The molecule has 2 N–H and O–H groups in total. The number of rotatable bonds is 7. The Kier molecular flexibility index (Phi) is 6.53. The lowest BCUT2D eigenvalue weighted by atomic mass is 10.1. The normalized spacial score (nSPS) is 12.5. The van der Waals surface area contributed by atoms with E-state index in [4.69, 9.17) is 11.6 Å². The first-order valence-corrected chi connectivity index (χ1v) is 10.5. The summed E-state index contributed by atoms with van der Waals surface area (Å²) in [7, 11) is 4.20. The van der Waals surface area contributed by atoms with Crippen molar-refractivity contribution in [1.29, 1.82) is 0 Å². The fourth-order valence-electron chi connectivity index (χ4n) is 2.68. The second kappa shape index (κ2) is 8.86. The number of nitrogens with zero attached hydrogens (tertiary/aromatic N) is 1. The first-order chi connectivity index (χ1) is 12.5. The molecule has 4 nitrogen and oxygen atoms in total. The molecule has 1 amide bonds. The van der Waals surface area contributed by atoms with E-state index in [1.54, 1.807) is 11.3 Å². The lowest BCUT2D eigenvalue weighted by molar-refractivity contribution is -0.890. The Morgan fingerprint density at radius 2 is 2.04 bits per heavy atom. The van der Waals surface area contributed by atoms with Crippen LogP contribution in [-0.4, -0.2) is 37.3 Å². The van der Waals surface area contributed by atoms with E-state index in [9.17, 15) is 4.79 Å². The van der Waals surface area contributed by atoms with Crippen molar-refractivity contribution in [3.8, 4) is 0 Å². The third kappa shape index (κ3) is 4.98. The molecule has 1 heterocycles. The summed E-state index contributed by atoms with van der Waals surface area (Å²) in [6.45, 7) is 0.612. The van der Waals surface area contributed by atoms with Gasteiger partial charge in [0.25, 0.3) is 0 Å². The lowest BCUT2D eigenvalue weighted by Crippen LogP contribution is -3.07. The Labute approximate surface area is 166 Å². The Hall–Kier alpha value is -1.60. The molecule has 0 aliphatic rings. The van der Waals surface area contributed by atoms with Gasteiger partial charge in [0, 0.05) is 10.6 Å². The van der Waals surface area contributed by atoms with Crippen LogP contribution in [0.25, 0.3) is 10.2 Å². The molecule has 136 valence electrons. The summed E-state index contributed by atoms with van der Waals surface area (Å²) in [4.78, 5) is 18.1. The van der Waals surface area contributed by atoms with Crippen molar-refractivity contribution in [2.75, 3.05) is 26.4 Å². The first kappa shape index (κ1) is 19.2. The van der Waals surface area contributed by atoms with E-state index in [-0.39, 0.29) is 11.9 Å². The van der Waals surface area contributed by atoms with Crippen LogP contribution in [0.5, 0.6) is 0 Å². The van der Waals surface area contributed by atoms with Gasteiger partial charge in [0.05, 0.1) is 36.6 Å². The van der Waals surface area contributed by atoms with Crippen molar-refractivity contribution in [3.63, 3.8) is 0 Å². The maximum absolute atomic E-state index is 12.3. The van der Waals surface area contributed by atoms with E-state index in [2.05, 4.69) is 36.5 Å². The zero-order valence-corrected chi connectivity index (χ0v) is 17.0. The summed E-state index contributed by atoms with van der Waals surface area (Å²) < 4.78 is 1.97. The molecule has 3 rings (SSSR count). The molecule has 0 aliphatic heterocycles. The number of amides is 1. The van der Waals surface area contributed by atoms with E-state index in [1.807, 2.05) is 36.4 Å². The quantitative estimate of drug-likeness (QED) is 0.593. The molecule has 0 aliphatic carbocycles. The van der Waals surface area contributed by atoms with Gasteiger partial charge in [-0.2, -0.15) is 0 Å². The summed E-state index contributed by atoms with van der Waals surface area (Å²) in [6.07, 6.45) is 0. The Morgan fingerprint density at radius 3 is 2.77 bits per heavy atom. The highest BCUT2D eigenvalue weighted by Gasteiger charge is 2.18. The number of thiazole rings is 1. The highest BCUT2D eigenvalue weighted by atomic mass is 35.5. The van der Waals surface area contributed by atoms with Crippen LogP contribution < -0.4 is 10.2 Å². The second-order valence-electron chi connectivity index (χ2n) is 6.23. The van der Waals surface area contributed by atoms with Gasteiger partial charge in [-0.1, -0.05) is 53.7 Å². The highest BCUT2D eigenvalue weighted by molar-refractivity contribution is 8.01. The third-order valence-electron chi connectivity index (χ3n) is 4.06. The molecule has 0 saturated heterocycles. The van der Waals surface area contributed by atoms with Crippen molar-refractivity contribution in [3.05, 3.63) is 59.1 Å². The molecule has 0 fully saturated rings. The van der Waals surface area contributed by atoms with Crippen molar-refractivity contribution in [2.45, 2.75) is 10.4 Å². The molecular formula is C19H21ClN3OS2+. The van der Waals surface area contributed by atoms with Gasteiger partial charge in [0.15, 0.2) is 4.34 Å². The standard InChI is InChI=1S/C19H20ClN3OS2/c1-23(2)16(13-6-4-3-5-7-13)11-21-18(24)12-25-19-22-15-10-14(20)8-9-17(15)26-19/h3-10,16H,11-12H2,1-2H3,(H,21,24)/p+1/t16-/m1/s1. The SMILES string of the molecule is C[NH+](C)[C@H](CNC(=O)CSc1nc2cc(Cl)ccc2s1)c1ccccc1. The summed E-state index contributed by atoms with van der Waals surface area (Å²) in [5.74, 6) is 0.382. The van der Waals surface area contributed by atoms with Crippen molar-refractivity contribution < 1.29 is 9.69 Å². The van der Waals surface area contributed by atoms with Gasteiger partial charge in [0.2, 0.25) is 5.91 Å². The highest BCUT2D eigenvalue weighted by Crippen LogP contribution is 2.30. The molecule has 2 aromatic carbocycles. The molecule has 0 spiro atoms. The van der Waals surface area contributed by atoms with E-state index in [0.29, 0.717) is 17.3 Å². The smallest absolute Gasteiger partial charge is 0.230 e. The number of aromatic nitrogens is 1. The van der Waals surface area contributed by atoms with E-state index in [0.717, 1.165) is 14.6 Å². The van der Waals surface area contributed by atoms with E-state index >= 15 is 0 Å². The van der Waals surface area contributed by atoms with Crippen LogP contribution in [0, 0.1) is 0 Å². The van der Waals surface area contributed by atoms with Gasteiger partial charge in [-0.05, 0) is 18.2 Å². The van der Waals surface area contributed by atoms with Gasteiger partial charge < -0.3 is 10.2 Å². The summed E-state index contributed by atoms with van der Waals surface area (Å²) in [5, 5.41) is 3.73. The van der Waals surface area contributed by atoms with Gasteiger partial charge in [-0.3, -0.25) is 4.79 Å². The Balaban J connectivity index is 1.54. The molecule has 0 saturated carbocycles. The zero-order valence-electron chi connectivity index (χ0n) is 14.7. The molecule has 26 heavy (non-hydrogen) atoms. The molecule has 0 radical (unpaired) electrons. The molecule has 0 unspecified atom stereocenters. The molecule has 3 aromatic rings. The predicted molar refractivity (Wildman–Crippen MR) is 110 cm³/mol. The number of carbonyl (C=O) groups is 1. The molecule has 7 heteroatoms. The molecule has 1 aromatic heterocycles. The zero-order chi connectivity index (χ0) is 18.5. The topological polar surface area (TPSA) is 46.4 Å². The van der Waals surface area contributed by atoms with Gasteiger partial charge in [-0.25, -0.2) is 4.98 Å². The average Bonchev–Trinajstić information content (AvgIpc) is 3.02. The fourth-order valence-corrected chi connectivity index (χ4v) is 4.72. The Morgan fingerprint density at radius 1 is 1.27 bits per heavy atom. The van der Waals surface area contributed by atoms with Crippen LogP contribution in [0.1, 0.15) is 11.6 Å². The Bertz CT molecular complexity index is 883. The minimum atomic E-state index is 0.0227. The van der Waals surface area contributed by atoms with Crippen molar-refractivity contribution in [2.24, 2.45) is 0 Å². The lowest BCUT2D eigenvalue weighted by Gasteiger charge is -2.22. The van der Waals surface area contributed by atoms with Crippen LogP contribution in [0.3, 0.4) is 0 Å². The van der Waals surface area contributed by atoms with Crippen LogP contribution in [0.2, 0.25) is 5.02 Å². The van der Waals surface area contributed by atoms with Crippen LogP contribution in [-0.2, 0) is 4.79 Å². The number of thioether (sulfide) groups is 1. The number of quaternary nitrogens is 1. The number of benzene rings is 2. The number of halogens is 1. The van der Waals surface area contributed by atoms with E-state index < -0.39 is 0 Å². The fraction of sp³-hybridized carbons (Fsp3) is 0.263. The van der Waals surface area contributed by atoms with Crippen LogP contribution in [0.4, 0.5) is 0 Å². The largest absolute Gasteiger partial charge is 0.349 e. The summed E-state index contributed by atoms with van der Waals surface area (Å²) in [5.41, 5.74) is 2.11. The monoisotopic (exact) mass is 406 g/mol. The number of likely N-dealkylation sites (N-methyl/N-ethyl adjacent to an activating group) is 1. The first-order valence-electron chi connectivity index (χ1n) is 8.33. The van der Waals surface area contributed by atoms with Crippen molar-refractivity contribution >= 4 is 50.8 Å². The van der Waals surface area contributed by atoms with Crippen molar-refractivity contribution in [1.82, 2.24) is 10.3 Å². The third-order valence-corrected chi connectivity index (χ3v) is 6.47. The number of fused-ring (bicyclic) bond motifs is 1. The number of hydrogen-bond donors (Lipinski definition) is 2. The van der Waals surface area contributed by atoms with Crippen LogP contribution >= 0.6 is 34.7 Å². The number of carbonyl (C=O) groups excluding carboxylic acids is 1. The average molecular weight is 407 g/mol. The van der Waals surface area contributed by atoms with Gasteiger partial charge >= 0.3 is 0 Å². The molecule has 1 atom stereocenters. The minimum absolute atomic E-state index is 0.0227. The number of hydrogen-bond acceptors (Lipinski definition) is 4. The summed E-state index contributed by atoms with van der Waals surface area (Å²) >= 11 is 9.04. The van der Waals surface area contributed by atoms with Gasteiger partial charge in [0.1, 0.15) is 6.04 Å². The maximum atomic E-state index is 12.3. The second-order valence-corrected chi connectivity index (χ2v) is 8.91. The maximum Gasteiger partial charge on any atom is 0.230 e. The number of nitrogens with one attached hydrogen (secondary N) is 2. The van der Waals surface area contributed by atoms with Crippen LogP contribution in [0.15, 0.2) is 52.9 Å². The predicted octanol–water partition coefficient (Wildman–Crippen LogP) is 3.04. The molecule has 0 bridgehead atoms.